The molecule has 0 aliphatic heterocycles. The van der Waals surface area contributed by atoms with Crippen LogP contribution in [0.3, 0.4) is 0 Å². The topological polar surface area (TPSA) is 87.5 Å². The Morgan fingerprint density at radius 2 is 1.88 bits per heavy atom. The smallest absolute Gasteiger partial charge is 0.232 e. The SMILES string of the molecule is C=C/C=C\C(=NC=C)c1nc(NC)nc(NC(/C=C\C)=C/C=NC)n1. The minimum Gasteiger partial charge on any atom is -0.357 e. The van der Waals surface area contributed by atoms with Gasteiger partial charge < -0.3 is 10.6 Å². The van der Waals surface area contributed by atoms with Gasteiger partial charge in [0.15, 0.2) is 5.82 Å². The van der Waals surface area contributed by atoms with Gasteiger partial charge in [-0.2, -0.15) is 15.0 Å². The Bertz CT molecular complexity index is 740. The minimum atomic E-state index is 0.381. The van der Waals surface area contributed by atoms with Crippen LogP contribution < -0.4 is 10.6 Å². The van der Waals surface area contributed by atoms with E-state index >= 15 is 0 Å². The van der Waals surface area contributed by atoms with Crippen LogP contribution in [0.1, 0.15) is 12.7 Å². The molecule has 2 N–H and O–H groups in total. The van der Waals surface area contributed by atoms with E-state index < -0.39 is 0 Å². The number of hydrogen-bond donors (Lipinski definition) is 2. The molecule has 1 heterocycles. The Hall–Kier alpha value is -3.35. The second kappa shape index (κ2) is 11.2. The van der Waals surface area contributed by atoms with Gasteiger partial charge in [0.05, 0.1) is 0 Å². The number of nitrogens with one attached hydrogen (secondary N) is 2. The lowest BCUT2D eigenvalue weighted by molar-refractivity contribution is 1.03. The number of rotatable bonds is 9. The van der Waals surface area contributed by atoms with Crippen LogP contribution in [0.15, 0.2) is 71.5 Å². The summed E-state index contributed by atoms with van der Waals surface area (Å²) < 4.78 is 0. The number of aromatic nitrogens is 3. The molecule has 0 fully saturated rings. The maximum absolute atomic E-state index is 4.43. The summed E-state index contributed by atoms with van der Waals surface area (Å²) in [6.07, 6.45) is 13.9. The van der Waals surface area contributed by atoms with Crippen LogP contribution >= 0.6 is 0 Å². The van der Waals surface area contributed by atoms with E-state index in [1.54, 1.807) is 38.5 Å². The van der Waals surface area contributed by atoms with E-state index in [0.29, 0.717) is 23.4 Å². The maximum atomic E-state index is 4.43. The summed E-state index contributed by atoms with van der Waals surface area (Å²) in [5.41, 5.74) is 1.33. The third-order valence-corrected chi connectivity index (χ3v) is 2.71. The van der Waals surface area contributed by atoms with Gasteiger partial charge >= 0.3 is 0 Å². The van der Waals surface area contributed by atoms with Crippen LogP contribution in [0.5, 0.6) is 0 Å². The van der Waals surface area contributed by atoms with E-state index in [2.05, 4.69) is 48.7 Å². The fourth-order valence-electron chi connectivity index (χ4n) is 1.69. The molecule has 0 saturated carbocycles. The Morgan fingerprint density at radius 1 is 1.12 bits per heavy atom. The molecule has 0 spiro atoms. The van der Waals surface area contributed by atoms with E-state index in [0.717, 1.165) is 5.70 Å². The highest BCUT2D eigenvalue weighted by molar-refractivity contribution is 6.06. The van der Waals surface area contributed by atoms with Gasteiger partial charge in [0.25, 0.3) is 0 Å². The van der Waals surface area contributed by atoms with Crippen molar-refractivity contribution in [1.82, 2.24) is 15.0 Å². The fraction of sp³-hybridized carbons (Fsp3) is 0.167. The zero-order valence-electron chi connectivity index (χ0n) is 14.8. The summed E-state index contributed by atoms with van der Waals surface area (Å²) in [7, 11) is 3.44. The van der Waals surface area contributed by atoms with Crippen molar-refractivity contribution >= 4 is 23.8 Å². The zero-order chi connectivity index (χ0) is 18.5. The molecular formula is C18H23N7. The van der Waals surface area contributed by atoms with Crippen molar-refractivity contribution in [2.24, 2.45) is 9.98 Å². The molecule has 0 amide bonds. The second-order valence-electron chi connectivity index (χ2n) is 4.50. The predicted molar refractivity (Wildman–Crippen MR) is 106 cm³/mol. The molecule has 0 aliphatic carbocycles. The molecule has 0 aromatic carbocycles. The quantitative estimate of drug-likeness (QED) is 0.534. The number of aliphatic imine (C=N–C) groups is 2. The van der Waals surface area contributed by atoms with Crippen molar-refractivity contribution in [1.29, 1.82) is 0 Å². The molecule has 0 aliphatic rings. The molecule has 0 unspecified atom stereocenters. The summed E-state index contributed by atoms with van der Waals surface area (Å²) >= 11 is 0. The average Bonchev–Trinajstić information content (AvgIpc) is 2.63. The molecule has 0 atom stereocenters. The molecule has 0 radical (unpaired) electrons. The van der Waals surface area contributed by atoms with Crippen LogP contribution in [0.4, 0.5) is 11.9 Å². The standard InChI is InChI=1S/C18H23N7/c1-6-9-11-15(21-8-3)16-23-17(20-5)25-18(24-16)22-14(10-7-2)12-13-19-4/h6-13H,1,3H2,2,4-5H3,(H2,20,22,23,24,25)/b10-7-,11-9-,14-12+,19-13?,21-15?. The summed E-state index contributed by atoms with van der Waals surface area (Å²) in [5.74, 6) is 1.20. The second-order valence-corrected chi connectivity index (χ2v) is 4.50. The molecule has 1 aromatic heterocycles. The van der Waals surface area contributed by atoms with Gasteiger partial charge in [0.1, 0.15) is 5.71 Å². The number of nitrogens with zero attached hydrogens (tertiary/aromatic N) is 5. The van der Waals surface area contributed by atoms with Gasteiger partial charge in [-0.05, 0) is 25.2 Å². The van der Waals surface area contributed by atoms with Gasteiger partial charge in [-0.1, -0.05) is 31.4 Å². The largest absolute Gasteiger partial charge is 0.357 e. The van der Waals surface area contributed by atoms with Gasteiger partial charge in [0, 0.05) is 32.2 Å². The van der Waals surface area contributed by atoms with Crippen molar-refractivity contribution in [3.8, 4) is 0 Å². The fourth-order valence-corrected chi connectivity index (χ4v) is 1.69. The van der Waals surface area contributed by atoms with Gasteiger partial charge in [-0.15, -0.1) is 0 Å². The van der Waals surface area contributed by atoms with E-state index in [4.69, 9.17) is 0 Å². The highest BCUT2D eigenvalue weighted by Gasteiger charge is 2.10. The lowest BCUT2D eigenvalue weighted by Gasteiger charge is -2.09. The van der Waals surface area contributed by atoms with Crippen LogP contribution in [0.25, 0.3) is 0 Å². The summed E-state index contributed by atoms with van der Waals surface area (Å²) in [6.45, 7) is 9.20. The van der Waals surface area contributed by atoms with Crippen LogP contribution in [-0.4, -0.2) is 41.0 Å². The first-order valence-corrected chi connectivity index (χ1v) is 7.62. The minimum absolute atomic E-state index is 0.381. The Balaban J connectivity index is 3.33. The Kier molecular flexibility index (Phi) is 8.84. The summed E-state index contributed by atoms with van der Waals surface area (Å²) in [5, 5.41) is 6.06. The van der Waals surface area contributed by atoms with E-state index in [1.807, 2.05) is 25.2 Å². The molecule has 0 saturated heterocycles. The number of hydrogen-bond acceptors (Lipinski definition) is 7. The highest BCUT2D eigenvalue weighted by Crippen LogP contribution is 2.10. The van der Waals surface area contributed by atoms with E-state index in [1.165, 1.54) is 6.20 Å². The summed E-state index contributed by atoms with van der Waals surface area (Å²) in [4.78, 5) is 21.2. The first-order valence-electron chi connectivity index (χ1n) is 7.62. The highest BCUT2D eigenvalue weighted by atomic mass is 15.2. The first kappa shape index (κ1) is 19.7. The molecule has 25 heavy (non-hydrogen) atoms. The van der Waals surface area contributed by atoms with Crippen molar-refractivity contribution in [2.45, 2.75) is 6.92 Å². The maximum Gasteiger partial charge on any atom is 0.232 e. The monoisotopic (exact) mass is 337 g/mol. The molecule has 7 heteroatoms. The van der Waals surface area contributed by atoms with Crippen LogP contribution in [0.2, 0.25) is 0 Å². The molecular weight excluding hydrogens is 314 g/mol. The van der Waals surface area contributed by atoms with E-state index in [9.17, 15) is 0 Å². The summed E-state index contributed by atoms with van der Waals surface area (Å²) in [6, 6.07) is 0. The molecule has 7 nitrogen and oxygen atoms in total. The van der Waals surface area contributed by atoms with E-state index in [-0.39, 0.29) is 0 Å². The lowest BCUT2D eigenvalue weighted by Crippen LogP contribution is -2.12. The average molecular weight is 337 g/mol. The van der Waals surface area contributed by atoms with Gasteiger partial charge in [-0.25, -0.2) is 0 Å². The lowest BCUT2D eigenvalue weighted by atomic mass is 10.3. The van der Waals surface area contributed by atoms with Gasteiger partial charge in [0.2, 0.25) is 11.9 Å². The van der Waals surface area contributed by atoms with Crippen molar-refractivity contribution in [2.75, 3.05) is 24.7 Å². The predicted octanol–water partition coefficient (Wildman–Crippen LogP) is 3.16. The first-order chi connectivity index (χ1) is 12.2. The normalized spacial score (nSPS) is 12.9. The number of anilines is 2. The Morgan fingerprint density at radius 3 is 2.48 bits per heavy atom. The van der Waals surface area contributed by atoms with Gasteiger partial charge in [-0.3, -0.25) is 9.98 Å². The number of allylic oxidation sites excluding steroid dienone is 6. The van der Waals surface area contributed by atoms with Crippen molar-refractivity contribution in [3.05, 3.63) is 67.3 Å². The third kappa shape index (κ3) is 6.74. The molecule has 0 bridgehead atoms. The molecule has 1 aromatic rings. The van der Waals surface area contributed by atoms with Crippen molar-refractivity contribution < 1.29 is 0 Å². The zero-order valence-corrected chi connectivity index (χ0v) is 14.8. The Labute approximate surface area is 148 Å². The van der Waals surface area contributed by atoms with Crippen molar-refractivity contribution in [3.63, 3.8) is 0 Å². The molecule has 130 valence electrons. The van der Waals surface area contributed by atoms with Crippen LogP contribution in [-0.2, 0) is 0 Å². The molecule has 1 rings (SSSR count). The van der Waals surface area contributed by atoms with Crippen LogP contribution in [0, 0.1) is 0 Å². The third-order valence-electron chi connectivity index (χ3n) is 2.71.